The maximum absolute atomic E-state index is 10.5. The van der Waals surface area contributed by atoms with Crippen molar-refractivity contribution in [3.63, 3.8) is 0 Å². The van der Waals surface area contributed by atoms with Crippen LogP contribution >= 0.6 is 0 Å². The van der Waals surface area contributed by atoms with Crippen LogP contribution in [0.15, 0.2) is 36.4 Å². The van der Waals surface area contributed by atoms with Gasteiger partial charge in [0.25, 0.3) is 0 Å². The summed E-state index contributed by atoms with van der Waals surface area (Å²) in [6, 6.07) is 10.7. The average molecular weight is 388 g/mol. The minimum atomic E-state index is -1.42. The lowest BCUT2D eigenvalue weighted by molar-refractivity contribution is -0.231. The Labute approximate surface area is 162 Å². The highest BCUT2D eigenvalue weighted by molar-refractivity contribution is 5.50. The fraction of sp³-hybridized carbons (Fsp3) is 0.429. The van der Waals surface area contributed by atoms with Gasteiger partial charge >= 0.3 is 0 Å². The van der Waals surface area contributed by atoms with Crippen LogP contribution in [0.5, 0.6) is 11.5 Å². The van der Waals surface area contributed by atoms with Gasteiger partial charge in [0, 0.05) is 12.8 Å². The van der Waals surface area contributed by atoms with E-state index in [4.69, 9.17) is 9.47 Å². The fourth-order valence-corrected chi connectivity index (χ4v) is 3.92. The van der Waals surface area contributed by atoms with E-state index in [-0.39, 0.29) is 5.75 Å². The highest BCUT2D eigenvalue weighted by Gasteiger charge is 2.44. The molecule has 2 aliphatic heterocycles. The summed E-state index contributed by atoms with van der Waals surface area (Å²) < 4.78 is 11.5. The molecule has 2 aliphatic rings. The predicted molar refractivity (Wildman–Crippen MR) is 99.3 cm³/mol. The number of aromatic hydroxyl groups is 1. The van der Waals surface area contributed by atoms with Gasteiger partial charge in [-0.3, -0.25) is 0 Å². The Morgan fingerprint density at radius 2 is 1.71 bits per heavy atom. The van der Waals surface area contributed by atoms with E-state index >= 15 is 0 Å². The fourth-order valence-electron chi connectivity index (χ4n) is 3.92. The molecule has 2 heterocycles. The Kier molecular flexibility index (Phi) is 5.27. The van der Waals surface area contributed by atoms with Crippen molar-refractivity contribution < 1.29 is 35.0 Å². The van der Waals surface area contributed by atoms with E-state index in [1.807, 2.05) is 24.3 Å². The maximum Gasteiger partial charge on any atom is 0.126 e. The van der Waals surface area contributed by atoms with Crippen LogP contribution in [0.4, 0.5) is 0 Å². The first-order chi connectivity index (χ1) is 13.5. The average Bonchev–Trinajstić information content (AvgIpc) is 3.17. The molecule has 150 valence electrons. The lowest BCUT2D eigenvalue weighted by atomic mass is 9.88. The zero-order valence-electron chi connectivity index (χ0n) is 15.2. The molecule has 5 N–H and O–H groups in total. The second kappa shape index (κ2) is 7.69. The van der Waals surface area contributed by atoms with Crippen molar-refractivity contribution in [2.75, 3.05) is 13.2 Å². The molecule has 0 spiro atoms. The van der Waals surface area contributed by atoms with Crippen molar-refractivity contribution in [3.05, 3.63) is 58.7 Å². The second-order valence-electron chi connectivity index (χ2n) is 7.36. The van der Waals surface area contributed by atoms with Gasteiger partial charge in [-0.05, 0) is 46.5 Å². The van der Waals surface area contributed by atoms with Gasteiger partial charge in [0.2, 0.25) is 0 Å². The van der Waals surface area contributed by atoms with Crippen LogP contribution in [0.3, 0.4) is 0 Å². The highest BCUT2D eigenvalue weighted by atomic mass is 16.5. The molecule has 7 heteroatoms. The third-order valence-corrected chi connectivity index (χ3v) is 5.43. The van der Waals surface area contributed by atoms with E-state index < -0.39 is 37.1 Å². The number of benzene rings is 2. The van der Waals surface area contributed by atoms with Gasteiger partial charge in [-0.25, -0.2) is 0 Å². The van der Waals surface area contributed by atoms with Crippen LogP contribution in [-0.2, 0) is 17.6 Å². The number of hydrogen-bond donors (Lipinski definition) is 5. The third-order valence-electron chi connectivity index (χ3n) is 5.43. The third kappa shape index (κ3) is 3.47. The smallest absolute Gasteiger partial charge is 0.126 e. The number of rotatable bonds is 4. The molecule has 0 bridgehead atoms. The van der Waals surface area contributed by atoms with Crippen LogP contribution in [0.2, 0.25) is 0 Å². The summed E-state index contributed by atoms with van der Waals surface area (Å²) in [5, 5.41) is 49.5. The normalized spacial score (nSPS) is 29.4. The van der Waals surface area contributed by atoms with Crippen molar-refractivity contribution in [1.29, 1.82) is 0 Å². The molecule has 0 amide bonds. The van der Waals surface area contributed by atoms with E-state index in [1.165, 1.54) is 0 Å². The van der Waals surface area contributed by atoms with Crippen LogP contribution in [0.1, 0.15) is 28.4 Å². The lowest BCUT2D eigenvalue weighted by Gasteiger charge is -2.40. The zero-order chi connectivity index (χ0) is 19.8. The number of fused-ring (bicyclic) bond motifs is 1. The molecule has 5 atom stereocenters. The van der Waals surface area contributed by atoms with Gasteiger partial charge in [0.15, 0.2) is 0 Å². The molecule has 0 unspecified atom stereocenters. The number of phenolic OH excluding ortho intramolecular Hbond substituents is 1. The topological polar surface area (TPSA) is 120 Å². The van der Waals surface area contributed by atoms with Crippen molar-refractivity contribution in [3.8, 4) is 11.5 Å². The molecule has 0 aromatic heterocycles. The van der Waals surface area contributed by atoms with Crippen LogP contribution in [0, 0.1) is 0 Å². The van der Waals surface area contributed by atoms with Gasteiger partial charge < -0.3 is 35.0 Å². The highest BCUT2D eigenvalue weighted by Crippen LogP contribution is 2.39. The molecular formula is C21H24O7. The summed E-state index contributed by atoms with van der Waals surface area (Å²) in [5.41, 5.74) is 3.55. The van der Waals surface area contributed by atoms with Crippen molar-refractivity contribution in [2.45, 2.75) is 43.4 Å². The lowest BCUT2D eigenvalue weighted by Crippen LogP contribution is -2.55. The Morgan fingerprint density at radius 1 is 0.964 bits per heavy atom. The predicted octanol–water partition coefficient (Wildman–Crippen LogP) is 0.433. The molecule has 0 saturated carbocycles. The van der Waals surface area contributed by atoms with Gasteiger partial charge in [0.1, 0.15) is 42.0 Å². The summed E-state index contributed by atoms with van der Waals surface area (Å²) >= 11 is 0. The Bertz CT molecular complexity index is 833. The minimum absolute atomic E-state index is 0.195. The number of phenols is 1. The molecule has 2 aromatic rings. The van der Waals surface area contributed by atoms with E-state index in [0.29, 0.717) is 18.6 Å². The second-order valence-corrected chi connectivity index (χ2v) is 7.36. The van der Waals surface area contributed by atoms with Gasteiger partial charge in [-0.2, -0.15) is 0 Å². The van der Waals surface area contributed by atoms with Gasteiger partial charge in [-0.15, -0.1) is 0 Å². The molecule has 0 radical (unpaired) electrons. The van der Waals surface area contributed by atoms with Gasteiger partial charge in [0.05, 0.1) is 13.2 Å². The van der Waals surface area contributed by atoms with Crippen LogP contribution in [-0.4, -0.2) is 63.2 Å². The largest absolute Gasteiger partial charge is 0.508 e. The number of hydrogen-bond acceptors (Lipinski definition) is 7. The molecule has 28 heavy (non-hydrogen) atoms. The molecule has 1 fully saturated rings. The molecule has 4 rings (SSSR count). The first-order valence-electron chi connectivity index (χ1n) is 9.35. The Balaban J connectivity index is 1.69. The van der Waals surface area contributed by atoms with E-state index in [0.717, 1.165) is 28.9 Å². The molecule has 1 saturated heterocycles. The summed E-state index contributed by atoms with van der Waals surface area (Å²) in [6.45, 7) is 0.103. The van der Waals surface area contributed by atoms with E-state index in [1.54, 1.807) is 12.1 Å². The number of ether oxygens (including phenoxy) is 2. The quantitative estimate of drug-likeness (QED) is 0.515. The zero-order valence-corrected chi connectivity index (χ0v) is 15.2. The van der Waals surface area contributed by atoms with E-state index in [2.05, 4.69) is 0 Å². The molecule has 0 aliphatic carbocycles. The molecule has 2 aromatic carbocycles. The summed E-state index contributed by atoms with van der Waals surface area (Å²) in [5.74, 6) is 1.00. The SMILES string of the molecule is OC[C@H]1O[C@@H](c2cc3c(c(Cc4ccc(O)cc4)c2)OCC3)[C@H](O)[C@@H](O)[C@@H]1O. The summed E-state index contributed by atoms with van der Waals surface area (Å²) in [7, 11) is 0. The Hall–Kier alpha value is -2.16. The first-order valence-corrected chi connectivity index (χ1v) is 9.35. The Morgan fingerprint density at radius 3 is 2.43 bits per heavy atom. The minimum Gasteiger partial charge on any atom is -0.508 e. The van der Waals surface area contributed by atoms with Gasteiger partial charge in [-0.1, -0.05) is 12.1 Å². The van der Waals surface area contributed by atoms with Crippen LogP contribution < -0.4 is 4.74 Å². The standard InChI is InChI=1S/C21H24O7/c22-10-16-17(24)18(25)19(26)21(28-16)14-8-12-5-6-27-20(12)13(9-14)7-11-1-3-15(23)4-2-11/h1-4,8-9,16-19,21-26H,5-7,10H2/t16-,17-,18+,19-,21+/m1/s1. The first kappa shape index (κ1) is 19.2. The summed E-state index contributed by atoms with van der Waals surface area (Å²) in [6.07, 6.45) is -4.66. The summed E-state index contributed by atoms with van der Waals surface area (Å²) in [4.78, 5) is 0. The maximum atomic E-state index is 10.5. The number of aliphatic hydroxyl groups is 4. The van der Waals surface area contributed by atoms with Crippen molar-refractivity contribution in [1.82, 2.24) is 0 Å². The van der Waals surface area contributed by atoms with Crippen molar-refractivity contribution in [2.24, 2.45) is 0 Å². The molecular weight excluding hydrogens is 364 g/mol. The van der Waals surface area contributed by atoms with E-state index in [9.17, 15) is 25.5 Å². The number of aliphatic hydroxyl groups excluding tert-OH is 4. The van der Waals surface area contributed by atoms with Crippen LogP contribution in [0.25, 0.3) is 0 Å². The molecule has 7 nitrogen and oxygen atoms in total. The van der Waals surface area contributed by atoms with Crippen molar-refractivity contribution >= 4 is 0 Å². The monoisotopic (exact) mass is 388 g/mol.